The molecule has 0 atom stereocenters. The fourth-order valence-electron chi connectivity index (χ4n) is 1.39. The molecule has 2 aromatic rings. The number of nitrogens with zero attached hydrogens (tertiary/aromatic N) is 2. The Morgan fingerprint density at radius 1 is 0.952 bits per heavy atom. The summed E-state index contributed by atoms with van der Waals surface area (Å²) in [5.41, 5.74) is -1.21. The Hall–Kier alpha value is -1.61. The summed E-state index contributed by atoms with van der Waals surface area (Å²) in [7, 11) is 0. The molecule has 0 radical (unpaired) electrons. The smallest absolute Gasteiger partial charge is 0.200 e. The van der Waals surface area contributed by atoms with Crippen LogP contribution in [0.2, 0.25) is 5.15 Å². The lowest BCUT2D eigenvalue weighted by molar-refractivity contribution is 0.382. The van der Waals surface area contributed by atoms with Crippen LogP contribution in [0.1, 0.15) is 0 Å². The summed E-state index contributed by atoms with van der Waals surface area (Å²) in [4.78, 5) is 7.57. The number of hydrogen-bond donors (Lipinski definition) is 1. The molecule has 0 fully saturated rings. The average Bonchev–Trinajstić information content (AvgIpc) is 2.47. The topological polar surface area (TPSA) is 37.8 Å². The van der Waals surface area contributed by atoms with Gasteiger partial charge in [0.25, 0.3) is 0 Å². The fraction of sp³-hybridized carbons (Fsp3) is 0.0909. The minimum absolute atomic E-state index is 0.0549. The quantitative estimate of drug-likeness (QED) is 0.226. The van der Waals surface area contributed by atoms with Gasteiger partial charge >= 0.3 is 0 Å². The number of aromatic nitrogens is 2. The van der Waals surface area contributed by atoms with Crippen molar-refractivity contribution in [1.29, 1.82) is 0 Å². The van der Waals surface area contributed by atoms with Crippen LogP contribution in [0, 0.1) is 29.1 Å². The van der Waals surface area contributed by atoms with E-state index in [9.17, 15) is 22.0 Å². The Morgan fingerprint density at radius 3 is 2.00 bits per heavy atom. The molecule has 1 aromatic heterocycles. The van der Waals surface area contributed by atoms with Crippen LogP contribution in [-0.4, -0.2) is 16.2 Å². The molecule has 1 N–H and O–H groups in total. The molecule has 0 saturated heterocycles. The minimum Gasteiger partial charge on any atom is -0.335 e. The molecule has 0 unspecified atom stereocenters. The summed E-state index contributed by atoms with van der Waals surface area (Å²) in [6, 6.07) is 1.08. The van der Waals surface area contributed by atoms with Crippen molar-refractivity contribution in [1.82, 2.24) is 9.97 Å². The largest absolute Gasteiger partial charge is 0.335 e. The fourth-order valence-corrected chi connectivity index (χ4v) is 2.01. The summed E-state index contributed by atoms with van der Waals surface area (Å²) in [6.45, 7) is 0. The minimum atomic E-state index is -2.24. The van der Waals surface area contributed by atoms with Crippen molar-refractivity contribution in [3.05, 3.63) is 40.3 Å². The van der Waals surface area contributed by atoms with Gasteiger partial charge in [0, 0.05) is 6.07 Å². The van der Waals surface area contributed by atoms with Crippen molar-refractivity contribution < 1.29 is 22.0 Å². The molecule has 10 heteroatoms. The SMILES string of the molecule is CSc1nc(Cl)cc(Nc2c(F)c(F)c(F)c(F)c2F)n1. The van der Waals surface area contributed by atoms with E-state index in [0.29, 0.717) is 0 Å². The number of anilines is 2. The van der Waals surface area contributed by atoms with Gasteiger partial charge in [0.15, 0.2) is 28.4 Å². The van der Waals surface area contributed by atoms with E-state index in [4.69, 9.17) is 11.6 Å². The first-order valence-corrected chi connectivity index (χ1v) is 6.82. The van der Waals surface area contributed by atoms with Gasteiger partial charge in [-0.15, -0.1) is 0 Å². The number of nitrogens with one attached hydrogen (secondary N) is 1. The van der Waals surface area contributed by atoms with Crippen molar-refractivity contribution in [2.24, 2.45) is 0 Å². The molecule has 21 heavy (non-hydrogen) atoms. The van der Waals surface area contributed by atoms with Gasteiger partial charge < -0.3 is 5.32 Å². The van der Waals surface area contributed by atoms with Crippen molar-refractivity contribution in [2.75, 3.05) is 11.6 Å². The predicted octanol–water partition coefficient (Wildman–Crippen LogP) is 4.29. The van der Waals surface area contributed by atoms with Crippen LogP contribution in [0.3, 0.4) is 0 Å². The maximum absolute atomic E-state index is 13.5. The normalized spacial score (nSPS) is 10.8. The average molecular weight is 342 g/mol. The molecule has 112 valence electrons. The highest BCUT2D eigenvalue weighted by Gasteiger charge is 2.26. The molecule has 0 aliphatic rings. The molecule has 1 aromatic carbocycles. The lowest BCUT2D eigenvalue weighted by atomic mass is 10.2. The molecule has 0 saturated carbocycles. The number of rotatable bonds is 3. The van der Waals surface area contributed by atoms with E-state index in [-0.39, 0.29) is 16.1 Å². The summed E-state index contributed by atoms with van der Waals surface area (Å²) in [5, 5.41) is 2.13. The maximum Gasteiger partial charge on any atom is 0.200 e. The Kier molecular flexibility index (Phi) is 4.52. The standard InChI is InChI=1S/C11H5ClF5N3S/c1-21-11-18-3(12)2-4(20-11)19-10-8(16)6(14)5(13)7(15)9(10)17/h2H,1H3,(H,18,19,20). The van der Waals surface area contributed by atoms with Crippen LogP contribution >= 0.6 is 23.4 Å². The van der Waals surface area contributed by atoms with Gasteiger partial charge in [0.2, 0.25) is 5.82 Å². The van der Waals surface area contributed by atoms with Crippen molar-refractivity contribution >= 4 is 34.9 Å². The predicted molar refractivity (Wildman–Crippen MR) is 68.3 cm³/mol. The molecule has 0 spiro atoms. The van der Waals surface area contributed by atoms with Gasteiger partial charge in [0.1, 0.15) is 16.7 Å². The first-order valence-electron chi connectivity index (χ1n) is 5.22. The van der Waals surface area contributed by atoms with Gasteiger partial charge in [0.05, 0.1) is 0 Å². The van der Waals surface area contributed by atoms with E-state index in [1.807, 2.05) is 5.32 Å². The molecule has 0 bridgehead atoms. The van der Waals surface area contributed by atoms with Crippen LogP contribution in [0.25, 0.3) is 0 Å². The molecular weight excluding hydrogens is 337 g/mol. The Labute approximate surface area is 124 Å². The molecule has 2 rings (SSSR count). The molecular formula is C11H5ClF5N3S. The first kappa shape index (κ1) is 15.8. The molecule has 0 amide bonds. The number of hydrogen-bond acceptors (Lipinski definition) is 4. The number of thioether (sulfide) groups is 1. The van der Waals surface area contributed by atoms with Crippen LogP contribution in [0.15, 0.2) is 11.2 Å². The zero-order chi connectivity index (χ0) is 15.7. The van der Waals surface area contributed by atoms with Crippen molar-refractivity contribution in [2.45, 2.75) is 5.16 Å². The second-order valence-corrected chi connectivity index (χ2v) is 4.79. The lowest BCUT2D eigenvalue weighted by Gasteiger charge is -2.10. The second kappa shape index (κ2) is 6.02. The first-order chi connectivity index (χ1) is 9.85. The summed E-state index contributed by atoms with van der Waals surface area (Å²) >= 11 is 6.74. The van der Waals surface area contributed by atoms with E-state index >= 15 is 0 Å². The number of benzene rings is 1. The Morgan fingerprint density at radius 2 is 1.48 bits per heavy atom. The molecule has 0 aliphatic heterocycles. The Bertz CT molecular complexity index is 684. The van der Waals surface area contributed by atoms with E-state index in [1.54, 1.807) is 6.26 Å². The third-order valence-electron chi connectivity index (χ3n) is 2.32. The summed E-state index contributed by atoms with van der Waals surface area (Å²) in [6.07, 6.45) is 1.62. The third kappa shape index (κ3) is 3.03. The van der Waals surface area contributed by atoms with Gasteiger partial charge in [-0.3, -0.25) is 0 Å². The number of halogens is 6. The summed E-state index contributed by atoms with van der Waals surface area (Å²) < 4.78 is 66.1. The third-order valence-corrected chi connectivity index (χ3v) is 3.06. The van der Waals surface area contributed by atoms with Crippen molar-refractivity contribution in [3.8, 4) is 0 Å². The molecule has 0 aliphatic carbocycles. The highest BCUT2D eigenvalue weighted by atomic mass is 35.5. The van der Waals surface area contributed by atoms with E-state index in [0.717, 1.165) is 17.8 Å². The zero-order valence-corrected chi connectivity index (χ0v) is 11.7. The second-order valence-electron chi connectivity index (χ2n) is 3.63. The van der Waals surface area contributed by atoms with Crippen LogP contribution in [-0.2, 0) is 0 Å². The highest BCUT2D eigenvalue weighted by molar-refractivity contribution is 7.98. The van der Waals surface area contributed by atoms with E-state index in [2.05, 4.69) is 9.97 Å². The van der Waals surface area contributed by atoms with E-state index < -0.39 is 34.8 Å². The molecule has 3 nitrogen and oxygen atoms in total. The maximum atomic E-state index is 13.5. The van der Waals surface area contributed by atoms with Crippen molar-refractivity contribution in [3.63, 3.8) is 0 Å². The van der Waals surface area contributed by atoms with E-state index in [1.165, 1.54) is 0 Å². The Balaban J connectivity index is 2.52. The van der Waals surface area contributed by atoms with Crippen LogP contribution < -0.4 is 5.32 Å². The van der Waals surface area contributed by atoms with Crippen LogP contribution in [0.4, 0.5) is 33.5 Å². The van der Waals surface area contributed by atoms with Crippen LogP contribution in [0.5, 0.6) is 0 Å². The van der Waals surface area contributed by atoms with Gasteiger partial charge in [-0.25, -0.2) is 31.9 Å². The summed E-state index contributed by atoms with van der Waals surface area (Å²) in [5.74, 6) is -10.5. The van der Waals surface area contributed by atoms with Gasteiger partial charge in [-0.05, 0) is 6.26 Å². The monoisotopic (exact) mass is 341 g/mol. The highest BCUT2D eigenvalue weighted by Crippen LogP contribution is 2.30. The van der Waals surface area contributed by atoms with Gasteiger partial charge in [-0.2, -0.15) is 0 Å². The van der Waals surface area contributed by atoms with Gasteiger partial charge in [-0.1, -0.05) is 23.4 Å². The lowest BCUT2D eigenvalue weighted by Crippen LogP contribution is -2.08. The zero-order valence-electron chi connectivity index (χ0n) is 10.1. The molecule has 1 heterocycles.